The largest absolute Gasteiger partial charge is 0.310 e. The van der Waals surface area contributed by atoms with Crippen LogP contribution in [0.25, 0.3) is 66.8 Å². The third kappa shape index (κ3) is 6.30. The molecule has 0 saturated heterocycles. The first-order chi connectivity index (χ1) is 32.4. The van der Waals surface area contributed by atoms with Gasteiger partial charge in [0, 0.05) is 27.9 Å². The third-order valence-corrected chi connectivity index (χ3v) is 14.6. The van der Waals surface area contributed by atoms with E-state index in [1.807, 2.05) is 0 Å². The lowest BCUT2D eigenvalue weighted by Crippen LogP contribution is -2.22. The van der Waals surface area contributed by atoms with Crippen LogP contribution in [0.15, 0.2) is 243 Å². The van der Waals surface area contributed by atoms with Crippen molar-refractivity contribution in [1.82, 2.24) is 0 Å². The van der Waals surface area contributed by atoms with Gasteiger partial charge in [0.2, 0.25) is 0 Å². The van der Waals surface area contributed by atoms with Crippen LogP contribution in [-0.2, 0) is 10.8 Å². The molecule has 10 aromatic carbocycles. The highest BCUT2D eigenvalue weighted by atomic mass is 15.1. The molecule has 1 nitrogen and oxygen atoms in total. The highest BCUT2D eigenvalue weighted by Gasteiger charge is 2.41. The zero-order valence-electron chi connectivity index (χ0n) is 37.5. The molecule has 2 aliphatic rings. The minimum atomic E-state index is -0.325. The lowest BCUT2D eigenvalue weighted by atomic mass is 9.74. The molecule has 0 fully saturated rings. The third-order valence-electron chi connectivity index (χ3n) is 14.6. The highest BCUT2D eigenvalue weighted by molar-refractivity contribution is 5.92. The van der Waals surface area contributed by atoms with Crippen LogP contribution < -0.4 is 4.90 Å². The maximum Gasteiger partial charge on any atom is 0.0467 e. The predicted molar refractivity (Wildman–Crippen MR) is 278 cm³/mol. The van der Waals surface area contributed by atoms with E-state index in [-0.39, 0.29) is 10.8 Å². The van der Waals surface area contributed by atoms with Crippen molar-refractivity contribution in [2.45, 2.75) is 31.6 Å². The van der Waals surface area contributed by atoms with Gasteiger partial charge in [0.15, 0.2) is 0 Å². The average Bonchev–Trinajstić information content (AvgIpc) is 3.78. The zero-order valence-corrected chi connectivity index (χ0v) is 37.5. The van der Waals surface area contributed by atoms with Crippen molar-refractivity contribution in [3.63, 3.8) is 0 Å². The molecule has 0 aliphatic heterocycles. The Morgan fingerprint density at radius 2 is 0.773 bits per heavy atom. The van der Waals surface area contributed by atoms with Crippen LogP contribution in [-0.4, -0.2) is 0 Å². The maximum absolute atomic E-state index is 2.46. The molecule has 0 saturated carbocycles. The molecule has 1 unspecified atom stereocenters. The van der Waals surface area contributed by atoms with Gasteiger partial charge in [-0.25, -0.2) is 0 Å². The Hall–Kier alpha value is -8.00. The Bertz CT molecular complexity index is 3440. The molecular weight excluding hydrogens is 795 g/mol. The van der Waals surface area contributed by atoms with Gasteiger partial charge >= 0.3 is 0 Å². The fourth-order valence-corrected chi connectivity index (χ4v) is 11.3. The summed E-state index contributed by atoms with van der Waals surface area (Å²) in [7, 11) is 0. The fraction of sp³-hybridized carbons (Fsp3) is 0.0769. The molecule has 1 heteroatoms. The maximum atomic E-state index is 2.46. The van der Waals surface area contributed by atoms with E-state index >= 15 is 0 Å². The average molecular weight is 844 g/mol. The second-order valence-electron chi connectivity index (χ2n) is 18.6. The van der Waals surface area contributed by atoms with Crippen molar-refractivity contribution < 1.29 is 0 Å². The predicted octanol–water partition coefficient (Wildman–Crippen LogP) is 17.5. The van der Waals surface area contributed by atoms with Crippen molar-refractivity contribution in [3.05, 3.63) is 270 Å². The summed E-state index contributed by atoms with van der Waals surface area (Å²) in [5.41, 5.74) is 24.6. The summed E-state index contributed by atoms with van der Waals surface area (Å²) in [5, 5.41) is 0. The zero-order chi connectivity index (χ0) is 44.4. The summed E-state index contributed by atoms with van der Waals surface area (Å²) in [6.45, 7) is 7.16. The molecule has 10 aromatic rings. The van der Waals surface area contributed by atoms with E-state index in [1.54, 1.807) is 0 Å². The lowest BCUT2D eigenvalue weighted by molar-refractivity contribution is 0.662. The van der Waals surface area contributed by atoms with Crippen LogP contribution in [0.2, 0.25) is 0 Å². The van der Waals surface area contributed by atoms with Gasteiger partial charge in [0.25, 0.3) is 0 Å². The molecule has 0 heterocycles. The summed E-state index contributed by atoms with van der Waals surface area (Å²) in [4.78, 5) is 2.46. The minimum Gasteiger partial charge on any atom is -0.310 e. The van der Waals surface area contributed by atoms with Crippen LogP contribution in [0, 0.1) is 0 Å². The SMILES string of the molecule is CC1(C)c2ccccc2-c2cccc(-c3cccc(N(c4ccc(-c5ccc(-c6ccccc6)c(-c6ccccc6)c5)cc4)c4ccc5c(c4)C(C)(c4ccccc4)c4ccccc4-5)c3)c21. The minimum absolute atomic E-state index is 0.134. The number of rotatable bonds is 8. The van der Waals surface area contributed by atoms with E-state index in [1.165, 1.54) is 94.6 Å². The summed E-state index contributed by atoms with van der Waals surface area (Å²) in [6, 6.07) is 89.6. The summed E-state index contributed by atoms with van der Waals surface area (Å²) >= 11 is 0. The Balaban J connectivity index is 1.01. The first-order valence-electron chi connectivity index (χ1n) is 23.2. The van der Waals surface area contributed by atoms with Crippen LogP contribution in [0.3, 0.4) is 0 Å². The van der Waals surface area contributed by atoms with Gasteiger partial charge in [0.05, 0.1) is 0 Å². The quantitative estimate of drug-likeness (QED) is 0.147. The van der Waals surface area contributed by atoms with E-state index in [2.05, 4.69) is 268 Å². The van der Waals surface area contributed by atoms with Gasteiger partial charge in [-0.2, -0.15) is 0 Å². The molecule has 0 aromatic heterocycles. The molecule has 0 N–H and O–H groups in total. The van der Waals surface area contributed by atoms with Gasteiger partial charge < -0.3 is 4.90 Å². The molecule has 1 atom stereocenters. The van der Waals surface area contributed by atoms with Crippen molar-refractivity contribution in [1.29, 1.82) is 0 Å². The summed E-state index contributed by atoms with van der Waals surface area (Å²) in [6.07, 6.45) is 0. The standard InChI is InChI=1S/C65H49N/c1-64(2)60-31-15-13-28-56(60)58-30-18-29-54(63(58)64)48-23-17-26-51(41-48)66(52-38-40-57-55-27-14-16-32-61(55)65(3,62(57)43-52)49-24-11-6-12-25-49)50-36-33-44(34-37-50)47-35-39-53(45-19-7-4-8-20-45)59(42-47)46-21-9-5-10-22-46/h4-43H,1-3H3. The number of hydrogen-bond donors (Lipinski definition) is 0. The summed E-state index contributed by atoms with van der Waals surface area (Å²) in [5.74, 6) is 0. The Kier molecular flexibility index (Phi) is 9.36. The van der Waals surface area contributed by atoms with Gasteiger partial charge in [-0.05, 0) is 144 Å². The Labute approximate surface area is 389 Å². The number of benzene rings is 10. The molecule has 0 spiro atoms. The Morgan fingerprint density at radius 1 is 0.273 bits per heavy atom. The van der Waals surface area contributed by atoms with Crippen molar-refractivity contribution in [2.24, 2.45) is 0 Å². The van der Waals surface area contributed by atoms with Crippen LogP contribution in [0.4, 0.5) is 17.1 Å². The molecular formula is C65H49N. The highest BCUT2D eigenvalue weighted by Crippen LogP contribution is 2.55. The first-order valence-corrected chi connectivity index (χ1v) is 23.2. The van der Waals surface area contributed by atoms with Crippen molar-refractivity contribution in [3.8, 4) is 66.8 Å². The summed E-state index contributed by atoms with van der Waals surface area (Å²) < 4.78 is 0. The van der Waals surface area contributed by atoms with E-state index in [4.69, 9.17) is 0 Å². The van der Waals surface area contributed by atoms with E-state index < -0.39 is 0 Å². The van der Waals surface area contributed by atoms with Crippen LogP contribution in [0.1, 0.15) is 48.6 Å². The second kappa shape index (κ2) is 15.6. The molecule has 0 amide bonds. The number of fused-ring (bicyclic) bond motifs is 6. The van der Waals surface area contributed by atoms with Gasteiger partial charge in [-0.15, -0.1) is 0 Å². The van der Waals surface area contributed by atoms with Gasteiger partial charge in [-0.3, -0.25) is 0 Å². The molecule has 0 radical (unpaired) electrons. The molecule has 66 heavy (non-hydrogen) atoms. The van der Waals surface area contributed by atoms with E-state index in [0.717, 1.165) is 17.1 Å². The molecule has 12 rings (SSSR count). The van der Waals surface area contributed by atoms with E-state index in [9.17, 15) is 0 Å². The van der Waals surface area contributed by atoms with E-state index in [0.29, 0.717) is 0 Å². The Morgan fingerprint density at radius 3 is 1.50 bits per heavy atom. The van der Waals surface area contributed by atoms with Crippen LogP contribution in [0.5, 0.6) is 0 Å². The van der Waals surface area contributed by atoms with Crippen LogP contribution >= 0.6 is 0 Å². The lowest BCUT2D eigenvalue weighted by Gasteiger charge is -2.31. The molecule has 2 aliphatic carbocycles. The van der Waals surface area contributed by atoms with Gasteiger partial charge in [0.1, 0.15) is 0 Å². The first kappa shape index (κ1) is 39.6. The monoisotopic (exact) mass is 843 g/mol. The topological polar surface area (TPSA) is 3.24 Å². The normalized spacial score (nSPS) is 15.1. The number of anilines is 3. The number of nitrogens with zero attached hydrogens (tertiary/aromatic N) is 1. The smallest absolute Gasteiger partial charge is 0.0467 e. The molecule has 314 valence electrons. The second-order valence-corrected chi connectivity index (χ2v) is 18.6. The van der Waals surface area contributed by atoms with Gasteiger partial charge in [-0.1, -0.05) is 214 Å². The number of hydrogen-bond acceptors (Lipinski definition) is 1. The molecule has 0 bridgehead atoms. The van der Waals surface area contributed by atoms with Crippen molar-refractivity contribution >= 4 is 17.1 Å². The van der Waals surface area contributed by atoms with Crippen molar-refractivity contribution in [2.75, 3.05) is 4.90 Å². The fourth-order valence-electron chi connectivity index (χ4n) is 11.3.